The third-order valence-electron chi connectivity index (χ3n) is 2.60. The summed E-state index contributed by atoms with van der Waals surface area (Å²) in [5.74, 6) is 1.15. The Morgan fingerprint density at radius 1 is 1.50 bits per heavy atom. The summed E-state index contributed by atoms with van der Waals surface area (Å²) < 4.78 is 0. The Morgan fingerprint density at radius 2 is 2.14 bits per heavy atom. The van der Waals surface area contributed by atoms with Crippen LogP contribution in [0.15, 0.2) is 23.9 Å². The fraction of sp³-hybridized carbons (Fsp3) is 0.583. The van der Waals surface area contributed by atoms with Crippen LogP contribution < -0.4 is 5.32 Å². The van der Waals surface area contributed by atoms with Crippen molar-refractivity contribution < 1.29 is 0 Å². The van der Waals surface area contributed by atoms with Crippen molar-refractivity contribution in [1.82, 2.24) is 5.32 Å². The van der Waals surface area contributed by atoms with E-state index in [1.807, 2.05) is 6.20 Å². The van der Waals surface area contributed by atoms with Gasteiger partial charge in [0.2, 0.25) is 0 Å². The topological polar surface area (TPSA) is 35.9 Å². The van der Waals surface area contributed by atoms with Gasteiger partial charge in [0.1, 0.15) is 0 Å². The summed E-state index contributed by atoms with van der Waals surface area (Å²) in [5.41, 5.74) is 2.35. The van der Waals surface area contributed by atoms with E-state index in [2.05, 4.69) is 32.7 Å². The number of hydrogen-bond acceptors (Lipinski definition) is 2. The van der Waals surface area contributed by atoms with E-state index in [-0.39, 0.29) is 0 Å². The summed E-state index contributed by atoms with van der Waals surface area (Å²) in [6, 6.07) is 0.437. The van der Waals surface area contributed by atoms with Gasteiger partial charge in [-0.3, -0.25) is 0 Å². The van der Waals surface area contributed by atoms with Crippen LogP contribution in [0, 0.1) is 17.2 Å². The molecule has 2 unspecified atom stereocenters. The van der Waals surface area contributed by atoms with Gasteiger partial charge in [0, 0.05) is 18.5 Å². The Labute approximate surface area is 86.6 Å². The van der Waals surface area contributed by atoms with Crippen molar-refractivity contribution in [3.63, 3.8) is 0 Å². The van der Waals surface area contributed by atoms with Crippen molar-refractivity contribution in [3.8, 4) is 0 Å². The van der Waals surface area contributed by atoms with E-state index in [1.165, 1.54) is 11.8 Å². The highest BCUT2D eigenvalue weighted by Crippen LogP contribution is 2.47. The van der Waals surface area contributed by atoms with Crippen LogP contribution in [0.4, 0.5) is 0 Å². The Balaban J connectivity index is 2.53. The van der Waals surface area contributed by atoms with Gasteiger partial charge in [-0.2, -0.15) is 0 Å². The lowest BCUT2D eigenvalue weighted by Crippen LogP contribution is -2.17. The molecular weight excluding hydrogens is 172 g/mol. The Kier molecular flexibility index (Phi) is 3.50. The minimum absolute atomic E-state index is 0.437. The number of hydrogen-bond donors (Lipinski definition) is 2. The minimum Gasteiger partial charge on any atom is -0.388 e. The second-order valence-corrected chi connectivity index (χ2v) is 4.41. The lowest BCUT2D eigenvalue weighted by Gasteiger charge is -2.06. The van der Waals surface area contributed by atoms with Crippen molar-refractivity contribution in [1.29, 1.82) is 5.41 Å². The molecule has 1 rings (SSSR count). The average molecular weight is 192 g/mol. The molecule has 1 aliphatic rings. The molecule has 0 aliphatic heterocycles. The van der Waals surface area contributed by atoms with Crippen LogP contribution in [0.3, 0.4) is 0 Å². The molecule has 2 heteroatoms. The van der Waals surface area contributed by atoms with Crippen LogP contribution >= 0.6 is 0 Å². The van der Waals surface area contributed by atoms with E-state index < -0.39 is 0 Å². The maximum atomic E-state index is 7.34. The molecule has 2 N–H and O–H groups in total. The molecule has 2 atom stereocenters. The molecule has 0 amide bonds. The molecule has 1 aliphatic carbocycles. The highest BCUT2D eigenvalue weighted by atomic mass is 14.9. The lowest BCUT2D eigenvalue weighted by atomic mass is 10.1. The zero-order valence-electron chi connectivity index (χ0n) is 9.30. The summed E-state index contributed by atoms with van der Waals surface area (Å²) >= 11 is 0. The molecule has 0 aromatic rings. The van der Waals surface area contributed by atoms with Crippen molar-refractivity contribution in [2.75, 3.05) is 0 Å². The molecule has 0 spiro atoms. The van der Waals surface area contributed by atoms with Gasteiger partial charge in [0.05, 0.1) is 0 Å². The minimum atomic E-state index is 0.437. The molecule has 2 nitrogen and oxygen atoms in total. The second-order valence-electron chi connectivity index (χ2n) is 4.41. The van der Waals surface area contributed by atoms with Crippen molar-refractivity contribution in [2.24, 2.45) is 11.8 Å². The summed E-state index contributed by atoms with van der Waals surface area (Å²) in [6.07, 6.45) is 4.60. The molecule has 0 heterocycles. The zero-order valence-corrected chi connectivity index (χ0v) is 9.30. The molecule has 0 aromatic heterocycles. The third kappa shape index (κ3) is 2.72. The Bertz CT molecular complexity index is 263. The Hall–Kier alpha value is -1.05. The first kappa shape index (κ1) is 11.0. The Morgan fingerprint density at radius 3 is 2.50 bits per heavy atom. The first-order chi connectivity index (χ1) is 6.56. The predicted molar refractivity (Wildman–Crippen MR) is 61.5 cm³/mol. The van der Waals surface area contributed by atoms with Gasteiger partial charge in [-0.25, -0.2) is 0 Å². The standard InChI is InChI=1S/C12H20N2/c1-8(2)11-5-12(11)10(6-13)7-14-9(3)4/h6-7,9,11-14H,1,5H2,2-4H3/b10-7+,13-6?. The van der Waals surface area contributed by atoms with Gasteiger partial charge in [-0.15, -0.1) is 0 Å². The van der Waals surface area contributed by atoms with Gasteiger partial charge in [-0.1, -0.05) is 12.2 Å². The van der Waals surface area contributed by atoms with E-state index in [9.17, 15) is 0 Å². The predicted octanol–water partition coefficient (Wildman–Crippen LogP) is 2.73. The molecular formula is C12H20N2. The summed E-state index contributed by atoms with van der Waals surface area (Å²) in [7, 11) is 0. The number of nitrogens with one attached hydrogen (secondary N) is 2. The summed E-state index contributed by atoms with van der Waals surface area (Å²) in [6.45, 7) is 10.2. The van der Waals surface area contributed by atoms with Crippen LogP contribution in [0.2, 0.25) is 0 Å². The van der Waals surface area contributed by atoms with Crippen molar-refractivity contribution >= 4 is 6.21 Å². The van der Waals surface area contributed by atoms with Gasteiger partial charge in [0.25, 0.3) is 0 Å². The highest BCUT2D eigenvalue weighted by Gasteiger charge is 2.39. The lowest BCUT2D eigenvalue weighted by molar-refractivity contribution is 0.695. The first-order valence-corrected chi connectivity index (χ1v) is 5.18. The quantitative estimate of drug-likeness (QED) is 0.510. The van der Waals surface area contributed by atoms with E-state index >= 15 is 0 Å². The molecule has 0 saturated heterocycles. The molecule has 0 bridgehead atoms. The third-order valence-corrected chi connectivity index (χ3v) is 2.60. The maximum absolute atomic E-state index is 7.34. The maximum Gasteiger partial charge on any atom is 0.0227 e. The van der Waals surface area contributed by atoms with Gasteiger partial charge in [0.15, 0.2) is 0 Å². The monoisotopic (exact) mass is 192 g/mol. The van der Waals surface area contributed by atoms with Crippen LogP contribution in [0.1, 0.15) is 27.2 Å². The van der Waals surface area contributed by atoms with Crippen molar-refractivity contribution in [2.45, 2.75) is 33.2 Å². The average Bonchev–Trinajstić information content (AvgIpc) is 2.85. The van der Waals surface area contributed by atoms with Crippen LogP contribution in [-0.2, 0) is 0 Å². The normalized spacial score (nSPS) is 26.1. The second kappa shape index (κ2) is 4.45. The first-order valence-electron chi connectivity index (χ1n) is 5.18. The summed E-state index contributed by atoms with van der Waals surface area (Å²) in [4.78, 5) is 0. The SMILES string of the molecule is C=C(C)C1CC1/C(C=N)=C/NC(C)C. The van der Waals surface area contributed by atoms with E-state index in [0.29, 0.717) is 17.9 Å². The van der Waals surface area contributed by atoms with E-state index in [4.69, 9.17) is 5.41 Å². The fourth-order valence-corrected chi connectivity index (χ4v) is 1.63. The zero-order chi connectivity index (χ0) is 10.7. The van der Waals surface area contributed by atoms with Crippen LogP contribution in [0.5, 0.6) is 0 Å². The number of rotatable bonds is 5. The molecule has 1 fully saturated rings. The fourth-order valence-electron chi connectivity index (χ4n) is 1.63. The van der Waals surface area contributed by atoms with Gasteiger partial charge in [-0.05, 0) is 44.6 Å². The summed E-state index contributed by atoms with van der Waals surface area (Å²) in [5, 5.41) is 10.6. The van der Waals surface area contributed by atoms with Crippen molar-refractivity contribution in [3.05, 3.63) is 23.9 Å². The molecule has 14 heavy (non-hydrogen) atoms. The molecule has 0 aromatic carbocycles. The highest BCUT2D eigenvalue weighted by molar-refractivity contribution is 5.77. The smallest absolute Gasteiger partial charge is 0.0227 e. The number of allylic oxidation sites excluding steroid dienone is 2. The van der Waals surface area contributed by atoms with E-state index in [0.717, 1.165) is 12.0 Å². The molecule has 0 radical (unpaired) electrons. The van der Waals surface area contributed by atoms with Gasteiger partial charge >= 0.3 is 0 Å². The molecule has 78 valence electrons. The van der Waals surface area contributed by atoms with Crippen LogP contribution in [0.25, 0.3) is 0 Å². The van der Waals surface area contributed by atoms with Crippen LogP contribution in [-0.4, -0.2) is 12.3 Å². The largest absolute Gasteiger partial charge is 0.388 e. The van der Waals surface area contributed by atoms with Gasteiger partial charge < -0.3 is 10.7 Å². The van der Waals surface area contributed by atoms with E-state index in [1.54, 1.807) is 0 Å². The molecule has 1 saturated carbocycles.